The molecule has 0 radical (unpaired) electrons. The summed E-state index contributed by atoms with van der Waals surface area (Å²) in [5.74, 6) is -0.169. The van der Waals surface area contributed by atoms with Crippen molar-refractivity contribution in [1.29, 1.82) is 0 Å². The van der Waals surface area contributed by atoms with Gasteiger partial charge in [0.25, 0.3) is 0 Å². The lowest BCUT2D eigenvalue weighted by Gasteiger charge is -2.37. The van der Waals surface area contributed by atoms with E-state index in [0.29, 0.717) is 5.56 Å². The highest BCUT2D eigenvalue weighted by molar-refractivity contribution is 9.10. The van der Waals surface area contributed by atoms with Crippen molar-refractivity contribution in [1.82, 2.24) is 4.90 Å². The van der Waals surface area contributed by atoms with Gasteiger partial charge < -0.3 is 5.73 Å². The molecule has 1 heterocycles. The zero-order valence-electron chi connectivity index (χ0n) is 9.29. The summed E-state index contributed by atoms with van der Waals surface area (Å²) in [6.07, 6.45) is 2.05. The number of likely N-dealkylation sites (tertiary alicyclic amines) is 1. The zero-order valence-corrected chi connectivity index (χ0v) is 10.9. The highest BCUT2D eigenvalue weighted by Gasteiger charge is 2.29. The summed E-state index contributed by atoms with van der Waals surface area (Å²) < 4.78 is 14.7. The van der Waals surface area contributed by atoms with Crippen molar-refractivity contribution in [2.45, 2.75) is 24.9 Å². The van der Waals surface area contributed by atoms with E-state index in [1.165, 1.54) is 6.07 Å². The summed E-state index contributed by atoms with van der Waals surface area (Å²) >= 11 is 3.38. The van der Waals surface area contributed by atoms with Gasteiger partial charge in [-0.2, -0.15) is 0 Å². The quantitative estimate of drug-likeness (QED) is 0.860. The largest absolute Gasteiger partial charge is 0.326 e. The van der Waals surface area contributed by atoms with E-state index in [1.54, 1.807) is 6.07 Å². The van der Waals surface area contributed by atoms with E-state index in [2.05, 4.69) is 20.8 Å². The molecule has 0 bridgehead atoms. The molecule has 1 aliphatic rings. The molecule has 16 heavy (non-hydrogen) atoms. The third kappa shape index (κ3) is 2.29. The Bertz CT molecular complexity index is 373. The Hall–Kier alpha value is -0.450. The van der Waals surface area contributed by atoms with Gasteiger partial charge in [-0.05, 0) is 44.6 Å². The predicted octanol–water partition coefficient (Wildman–Crippen LogP) is 2.68. The molecule has 1 aliphatic heterocycles. The lowest BCUT2D eigenvalue weighted by Crippen LogP contribution is -2.44. The fourth-order valence-corrected chi connectivity index (χ4v) is 2.79. The molecule has 2 nitrogen and oxygen atoms in total. The van der Waals surface area contributed by atoms with Gasteiger partial charge in [0.05, 0.1) is 6.04 Å². The first-order valence-electron chi connectivity index (χ1n) is 5.50. The average Bonchev–Trinajstić information content (AvgIpc) is 2.23. The van der Waals surface area contributed by atoms with E-state index in [0.717, 1.165) is 23.9 Å². The highest BCUT2D eigenvalue weighted by Crippen LogP contribution is 2.31. The average molecular weight is 287 g/mol. The Labute approximate surface area is 104 Å². The van der Waals surface area contributed by atoms with Gasteiger partial charge in [0.15, 0.2) is 0 Å². The van der Waals surface area contributed by atoms with Gasteiger partial charge in [-0.25, -0.2) is 4.39 Å². The Morgan fingerprint density at radius 3 is 2.94 bits per heavy atom. The summed E-state index contributed by atoms with van der Waals surface area (Å²) in [6.45, 7) is 0.977. The summed E-state index contributed by atoms with van der Waals surface area (Å²) in [5, 5.41) is 0. The molecule has 2 atom stereocenters. The Balaban J connectivity index is 2.37. The third-order valence-electron chi connectivity index (χ3n) is 3.21. The van der Waals surface area contributed by atoms with Crippen molar-refractivity contribution in [3.8, 4) is 0 Å². The van der Waals surface area contributed by atoms with Crippen LogP contribution in [0.1, 0.15) is 24.4 Å². The van der Waals surface area contributed by atoms with Crippen LogP contribution in [0.3, 0.4) is 0 Å². The molecule has 2 unspecified atom stereocenters. The molecule has 1 saturated heterocycles. The number of hydrogen-bond acceptors (Lipinski definition) is 2. The molecule has 0 aromatic heterocycles. The van der Waals surface area contributed by atoms with E-state index < -0.39 is 0 Å². The summed E-state index contributed by atoms with van der Waals surface area (Å²) in [4.78, 5) is 2.14. The fourth-order valence-electron chi connectivity index (χ4n) is 2.41. The monoisotopic (exact) mass is 286 g/mol. The van der Waals surface area contributed by atoms with Gasteiger partial charge in [0, 0.05) is 16.1 Å². The second-order valence-corrected chi connectivity index (χ2v) is 5.31. The minimum absolute atomic E-state index is 0.00810. The molecule has 4 heteroatoms. The molecule has 0 aliphatic carbocycles. The van der Waals surface area contributed by atoms with Crippen molar-refractivity contribution < 1.29 is 4.39 Å². The van der Waals surface area contributed by atoms with Crippen LogP contribution >= 0.6 is 15.9 Å². The van der Waals surface area contributed by atoms with Crippen LogP contribution in [0.25, 0.3) is 0 Å². The van der Waals surface area contributed by atoms with Crippen LogP contribution in [0.5, 0.6) is 0 Å². The van der Waals surface area contributed by atoms with Gasteiger partial charge >= 0.3 is 0 Å². The summed E-state index contributed by atoms with van der Waals surface area (Å²) in [6, 6.07) is 5.05. The summed E-state index contributed by atoms with van der Waals surface area (Å²) in [5.41, 5.74) is 6.79. The lowest BCUT2D eigenvalue weighted by molar-refractivity contribution is 0.159. The molecule has 1 aromatic carbocycles. The normalized spacial score (nSPS) is 27.0. The number of rotatable bonds is 1. The number of halogens is 2. The number of likely N-dealkylation sites (N-methyl/N-ethyl adjacent to an activating group) is 1. The second-order valence-electron chi connectivity index (χ2n) is 4.40. The van der Waals surface area contributed by atoms with Gasteiger partial charge in [-0.3, -0.25) is 4.90 Å². The molecule has 1 aromatic rings. The lowest BCUT2D eigenvalue weighted by atomic mass is 9.91. The maximum atomic E-state index is 13.8. The first-order valence-corrected chi connectivity index (χ1v) is 6.29. The SMILES string of the molecule is CN1CCCC(N)C1c1cc(Br)ccc1F. The minimum Gasteiger partial charge on any atom is -0.326 e. The van der Waals surface area contributed by atoms with Gasteiger partial charge in [-0.1, -0.05) is 15.9 Å². The standard InChI is InChI=1S/C12H16BrFN2/c1-16-6-2-3-11(15)12(16)9-7-8(13)4-5-10(9)14/h4-5,7,11-12H,2-3,6,15H2,1H3. The first kappa shape index (κ1) is 12.0. The molecule has 2 rings (SSSR count). The van der Waals surface area contributed by atoms with Crippen molar-refractivity contribution in [3.63, 3.8) is 0 Å². The van der Waals surface area contributed by atoms with E-state index in [9.17, 15) is 4.39 Å². The molecule has 1 fully saturated rings. The minimum atomic E-state index is -0.169. The van der Waals surface area contributed by atoms with E-state index in [4.69, 9.17) is 5.73 Å². The molecule has 0 saturated carbocycles. The van der Waals surface area contributed by atoms with Crippen LogP contribution in [-0.2, 0) is 0 Å². The van der Waals surface area contributed by atoms with Gasteiger partial charge in [-0.15, -0.1) is 0 Å². The second kappa shape index (κ2) is 4.82. The van der Waals surface area contributed by atoms with E-state index in [-0.39, 0.29) is 17.9 Å². The van der Waals surface area contributed by atoms with Crippen LogP contribution < -0.4 is 5.73 Å². The molecule has 0 amide bonds. The smallest absolute Gasteiger partial charge is 0.128 e. The number of hydrogen-bond donors (Lipinski definition) is 1. The molecular formula is C12H16BrFN2. The maximum absolute atomic E-state index is 13.8. The highest BCUT2D eigenvalue weighted by atomic mass is 79.9. The Morgan fingerprint density at radius 2 is 2.25 bits per heavy atom. The van der Waals surface area contributed by atoms with Crippen LogP contribution in [0.4, 0.5) is 4.39 Å². The van der Waals surface area contributed by atoms with Crippen LogP contribution in [0, 0.1) is 5.82 Å². The number of benzene rings is 1. The van der Waals surface area contributed by atoms with Crippen LogP contribution in [0.2, 0.25) is 0 Å². The number of nitrogens with two attached hydrogens (primary N) is 1. The predicted molar refractivity (Wildman–Crippen MR) is 66.7 cm³/mol. The Kier molecular flexibility index (Phi) is 3.62. The molecule has 0 spiro atoms. The number of nitrogens with zero attached hydrogens (tertiary/aromatic N) is 1. The molecule has 2 N–H and O–H groups in total. The number of piperidine rings is 1. The Morgan fingerprint density at radius 1 is 1.50 bits per heavy atom. The maximum Gasteiger partial charge on any atom is 0.128 e. The summed E-state index contributed by atoms with van der Waals surface area (Å²) in [7, 11) is 2.00. The van der Waals surface area contributed by atoms with Gasteiger partial charge in [0.1, 0.15) is 5.82 Å². The van der Waals surface area contributed by atoms with Crippen molar-refractivity contribution in [2.75, 3.05) is 13.6 Å². The fraction of sp³-hybridized carbons (Fsp3) is 0.500. The van der Waals surface area contributed by atoms with E-state index in [1.807, 2.05) is 13.1 Å². The van der Waals surface area contributed by atoms with Gasteiger partial charge in [0.2, 0.25) is 0 Å². The topological polar surface area (TPSA) is 29.3 Å². The third-order valence-corrected chi connectivity index (χ3v) is 3.70. The van der Waals surface area contributed by atoms with Crippen molar-refractivity contribution >= 4 is 15.9 Å². The van der Waals surface area contributed by atoms with Crippen molar-refractivity contribution in [2.24, 2.45) is 5.73 Å². The van der Waals surface area contributed by atoms with Crippen LogP contribution in [-0.4, -0.2) is 24.5 Å². The first-order chi connectivity index (χ1) is 7.59. The molecule has 88 valence electrons. The zero-order chi connectivity index (χ0) is 11.7. The molecular weight excluding hydrogens is 271 g/mol. The van der Waals surface area contributed by atoms with Crippen molar-refractivity contribution in [3.05, 3.63) is 34.1 Å². The van der Waals surface area contributed by atoms with Crippen LogP contribution in [0.15, 0.2) is 22.7 Å². The van der Waals surface area contributed by atoms with E-state index >= 15 is 0 Å².